The molecule has 0 aliphatic heterocycles. The fraction of sp³-hybridized carbons (Fsp3) is 0.302. The SMILES string of the molecule is CC(C)(C)c1cc(-n2c(-c3ccccc3O)nc3c(-c4[c-]c(-c5cc(C(C)(C)C)ccn5)ccc4)cccc32)cc(C(C)(C)C)c1.CC(C)(C)c1cc(-n2c(-c3ccccc3O)nc3c(-c4[c-]c(-c5ccccn5)ccc4)cc(C(C)(C)C)cc32)cc(C(C)(C)C)c1.Cc1cc(C)c(-n2c(-c3ccccc3O)nc3c(-c4[c-]c(-c5cc(C(C)(C)C)ccn5)cc(C(C)(C)C)c4)cc(C(C)(C)C)cc32)c(C)c1.[Pt].[Pt].[Pt]. The van der Waals surface area contributed by atoms with Crippen molar-refractivity contribution in [3.8, 4) is 136 Å². The van der Waals surface area contributed by atoms with Gasteiger partial charge in [-0.25, -0.2) is 15.0 Å². The van der Waals surface area contributed by atoms with E-state index in [1.807, 2.05) is 91.4 Å². The Morgan fingerprint density at radius 2 is 0.535 bits per heavy atom. The summed E-state index contributed by atoms with van der Waals surface area (Å²) in [6.45, 7) is 67.1. The van der Waals surface area contributed by atoms with E-state index in [2.05, 4.69) is 408 Å². The molecule has 18 rings (SSSR count). The number of imidazole rings is 3. The number of nitrogens with zero attached hydrogens (tertiary/aromatic N) is 9. The van der Waals surface area contributed by atoms with Gasteiger partial charge in [0.15, 0.2) is 0 Å². The van der Waals surface area contributed by atoms with Gasteiger partial charge in [0, 0.05) is 110 Å². The largest absolute Gasteiger partial charge is 0.507 e. The molecular weight excluding hydrogens is 2310 g/mol. The number of phenols is 3. The molecule has 0 fully saturated rings. The Kier molecular flexibility index (Phi) is 31.4. The van der Waals surface area contributed by atoms with Gasteiger partial charge in [-0.15, -0.1) is 89.0 Å². The van der Waals surface area contributed by atoms with Crippen molar-refractivity contribution in [2.45, 2.75) is 256 Å². The summed E-state index contributed by atoms with van der Waals surface area (Å²) in [5.74, 6) is 2.70. The second-order valence-corrected chi connectivity index (χ2v) is 47.6. The van der Waals surface area contributed by atoms with E-state index in [0.29, 0.717) is 34.2 Å². The van der Waals surface area contributed by atoms with Crippen LogP contribution >= 0.6 is 0 Å². The quantitative estimate of drug-likeness (QED) is 0.101. The van der Waals surface area contributed by atoms with Crippen molar-refractivity contribution in [3.05, 3.63) is 358 Å². The van der Waals surface area contributed by atoms with Gasteiger partial charge in [0.1, 0.15) is 34.7 Å². The van der Waals surface area contributed by atoms with Crippen molar-refractivity contribution in [1.29, 1.82) is 0 Å². The van der Waals surface area contributed by atoms with Crippen LogP contribution in [0, 0.1) is 39.0 Å². The first-order valence-electron chi connectivity index (χ1n) is 49.5. The maximum atomic E-state index is 11.2. The molecule has 3 N–H and O–H groups in total. The molecule has 6 heterocycles. The molecule has 18 aromatic rings. The van der Waals surface area contributed by atoms with Gasteiger partial charge in [-0.2, -0.15) is 0 Å². The number of aromatic nitrogens is 9. The summed E-state index contributed by atoms with van der Waals surface area (Å²) in [4.78, 5) is 30.2. The van der Waals surface area contributed by atoms with Crippen LogP contribution in [-0.2, 0) is 112 Å². The number of benzene rings is 12. The molecule has 750 valence electrons. The third kappa shape index (κ3) is 23.2. The number of hydrogen-bond donors (Lipinski definition) is 3. The minimum Gasteiger partial charge on any atom is -0.507 e. The fourth-order valence-electron chi connectivity index (χ4n) is 18.4. The summed E-state index contributed by atoms with van der Waals surface area (Å²) in [6, 6.07) is 98.7. The van der Waals surface area contributed by atoms with Gasteiger partial charge >= 0.3 is 0 Å². The minimum absolute atomic E-state index is 0. The Bertz CT molecular complexity index is 7710. The number of hydrogen-bond acceptors (Lipinski definition) is 9. The summed E-state index contributed by atoms with van der Waals surface area (Å²) in [5, 5.41) is 33.5. The van der Waals surface area contributed by atoms with Gasteiger partial charge in [-0.3, -0.25) is 28.7 Å². The standard InChI is InChI=1S/C45H50N3O.2C42H44N3O.3Pt/c1-27-19-28(2)41(29(3)20-27)48-38-26-34(45(10,11)12)24-36(40(38)47-42(48)35-15-13-14-16-39(35)49)30-21-31(23-33(22-30)44(7,8)9)37-25-32(17-18-46-37)43(4,5)6;1-40(2,3)29-20-21-43-35(26-29)28-15-12-14-27(22-28)33-17-13-18-36-38(33)44-39(34-16-10-11-19-37(34)46)45(36)32-24-30(41(4,5)6)23-31(25-32)42(7,8)9;1-40(2,3)29-22-30(41(4,5)6)24-32(23-29)45-36-26-31(42(7,8)9)25-34(38(36)44-39(45)33-17-10-11-19-37(33)46)27-15-14-16-28(21-27)35-18-12-13-20-43-35;;;/h13-20,22-26,49H,1-12H3;10-21,23-26,46H,1-9H3;10-20,22-26,46H,1-9H3;;;/q3*-1;;;. The smallest absolute Gasteiger partial charge is 0.148 e. The molecule has 6 aromatic heterocycles. The van der Waals surface area contributed by atoms with Crippen molar-refractivity contribution < 1.29 is 78.5 Å². The number of aromatic hydroxyl groups is 3. The van der Waals surface area contributed by atoms with Gasteiger partial charge in [0.2, 0.25) is 0 Å². The molecule has 0 radical (unpaired) electrons. The number of pyridine rings is 3. The van der Waals surface area contributed by atoms with Crippen molar-refractivity contribution in [3.63, 3.8) is 0 Å². The van der Waals surface area contributed by atoms with Crippen LogP contribution in [-0.4, -0.2) is 58.9 Å². The number of phenolic OH excluding ortho intramolecular Hbond substituents is 3. The van der Waals surface area contributed by atoms with Crippen molar-refractivity contribution >= 4 is 33.1 Å². The van der Waals surface area contributed by atoms with Crippen LogP contribution in [0.1, 0.15) is 254 Å². The second kappa shape index (κ2) is 41.5. The predicted octanol–water partition coefficient (Wildman–Crippen LogP) is 33.4. The minimum atomic E-state index is -0.141. The second-order valence-electron chi connectivity index (χ2n) is 47.6. The van der Waals surface area contributed by atoms with Gasteiger partial charge in [0.25, 0.3) is 0 Å². The summed E-state index contributed by atoms with van der Waals surface area (Å²) >= 11 is 0. The van der Waals surface area contributed by atoms with E-state index in [1.165, 1.54) is 55.6 Å². The topological polar surface area (TPSA) is 153 Å². The molecule has 0 unspecified atom stereocenters. The zero-order valence-corrected chi connectivity index (χ0v) is 96.1. The fourth-order valence-corrected chi connectivity index (χ4v) is 18.4. The van der Waals surface area contributed by atoms with Gasteiger partial charge in [-0.05, 0) is 222 Å². The van der Waals surface area contributed by atoms with Crippen LogP contribution in [0.15, 0.2) is 273 Å². The normalized spacial score (nSPS) is 12.3. The molecule has 15 heteroatoms. The van der Waals surface area contributed by atoms with Crippen LogP contribution in [0.3, 0.4) is 0 Å². The Labute approximate surface area is 898 Å². The van der Waals surface area contributed by atoms with E-state index in [-0.39, 0.29) is 129 Å². The predicted molar refractivity (Wildman–Crippen MR) is 590 cm³/mol. The van der Waals surface area contributed by atoms with Crippen LogP contribution in [0.5, 0.6) is 17.2 Å². The summed E-state index contributed by atoms with van der Waals surface area (Å²) in [5.41, 5.74) is 36.1. The molecule has 0 atom stereocenters. The van der Waals surface area contributed by atoms with Gasteiger partial charge in [-0.1, -0.05) is 335 Å². The molecule has 12 aromatic carbocycles. The van der Waals surface area contributed by atoms with Gasteiger partial charge < -0.3 is 15.3 Å². The van der Waals surface area contributed by atoms with E-state index >= 15 is 0 Å². The Hall–Kier alpha value is -12.0. The maximum absolute atomic E-state index is 11.2. The average molecular weight is 2450 g/mol. The van der Waals surface area contributed by atoms with E-state index in [0.717, 1.165) is 128 Å². The van der Waals surface area contributed by atoms with E-state index in [9.17, 15) is 15.3 Å². The number of aryl methyl sites for hydroxylation is 3. The van der Waals surface area contributed by atoms with Crippen LogP contribution in [0.25, 0.3) is 151 Å². The summed E-state index contributed by atoms with van der Waals surface area (Å²) < 4.78 is 6.71. The summed E-state index contributed by atoms with van der Waals surface area (Å²) in [6.07, 6.45) is 5.61. The number of fused-ring (bicyclic) bond motifs is 3. The number of rotatable bonds is 12. The first kappa shape index (κ1) is 109. The average Bonchev–Trinajstić information content (AvgIpc) is 1.57. The Morgan fingerprint density at radius 1 is 0.229 bits per heavy atom. The zero-order chi connectivity index (χ0) is 102. The molecular formula is C129H138N9O3Pt3-3. The molecule has 0 amide bonds. The molecule has 0 saturated heterocycles. The molecule has 0 bridgehead atoms. The zero-order valence-electron chi connectivity index (χ0n) is 89.3. The van der Waals surface area contributed by atoms with E-state index < -0.39 is 0 Å². The third-order valence-corrected chi connectivity index (χ3v) is 27.0. The monoisotopic (exact) mass is 2450 g/mol. The first-order valence-corrected chi connectivity index (χ1v) is 49.5. The Balaban J connectivity index is 0.000000179. The van der Waals surface area contributed by atoms with Crippen molar-refractivity contribution in [2.75, 3.05) is 0 Å². The summed E-state index contributed by atoms with van der Waals surface area (Å²) in [7, 11) is 0. The molecule has 0 aliphatic carbocycles. The van der Waals surface area contributed by atoms with Crippen LogP contribution in [0.2, 0.25) is 0 Å². The third-order valence-electron chi connectivity index (χ3n) is 27.0. The Morgan fingerprint density at radius 3 is 0.938 bits per heavy atom. The van der Waals surface area contributed by atoms with Crippen molar-refractivity contribution in [1.82, 2.24) is 43.6 Å². The van der Waals surface area contributed by atoms with Gasteiger partial charge in [0.05, 0.1) is 55.5 Å². The van der Waals surface area contributed by atoms with E-state index in [4.69, 9.17) is 24.9 Å². The maximum Gasteiger partial charge on any atom is 0.148 e. The molecule has 0 spiro atoms. The van der Waals surface area contributed by atoms with Crippen molar-refractivity contribution in [2.24, 2.45) is 0 Å². The number of para-hydroxylation sites is 4. The first-order chi connectivity index (χ1) is 66.0. The van der Waals surface area contributed by atoms with Crippen LogP contribution in [0.4, 0.5) is 0 Å². The molecule has 0 saturated carbocycles. The molecule has 144 heavy (non-hydrogen) atoms. The van der Waals surface area contributed by atoms with E-state index in [1.54, 1.807) is 18.2 Å². The molecule has 12 nitrogen and oxygen atoms in total. The van der Waals surface area contributed by atoms with Crippen LogP contribution < -0.4 is 0 Å². The molecule has 0 aliphatic rings.